The zero-order valence-corrected chi connectivity index (χ0v) is 9.88. The molecule has 1 saturated heterocycles. The van der Waals surface area contributed by atoms with Gasteiger partial charge in [0, 0.05) is 31.9 Å². The topological polar surface area (TPSA) is 53.4 Å². The molecule has 1 unspecified atom stereocenters. The average Bonchev–Trinajstić information content (AvgIpc) is 2.30. The highest BCUT2D eigenvalue weighted by Gasteiger charge is 2.21. The summed E-state index contributed by atoms with van der Waals surface area (Å²) in [5.41, 5.74) is 1.25. The standard InChI is InChI=1S/C13H18N2O2/c16-13(17)8-12-2-1-7-15(10-12)9-11-3-5-14-6-4-11/h3-6,12H,1-2,7-10H2,(H,16,17). The minimum absolute atomic E-state index is 0.298. The Kier molecular flexibility index (Phi) is 4.09. The first kappa shape index (κ1) is 12.0. The first-order valence-electron chi connectivity index (χ1n) is 6.07. The van der Waals surface area contributed by atoms with E-state index in [-0.39, 0.29) is 0 Å². The summed E-state index contributed by atoms with van der Waals surface area (Å²) in [6.07, 6.45) is 6.04. The molecule has 0 saturated carbocycles. The fourth-order valence-corrected chi connectivity index (χ4v) is 2.45. The molecule has 1 aliphatic heterocycles. The van der Waals surface area contributed by atoms with E-state index in [2.05, 4.69) is 9.88 Å². The monoisotopic (exact) mass is 234 g/mol. The molecular weight excluding hydrogens is 216 g/mol. The molecule has 2 heterocycles. The van der Waals surface area contributed by atoms with Gasteiger partial charge in [-0.25, -0.2) is 0 Å². The minimum atomic E-state index is -0.680. The minimum Gasteiger partial charge on any atom is -0.481 e. The van der Waals surface area contributed by atoms with E-state index in [1.165, 1.54) is 5.56 Å². The highest BCUT2D eigenvalue weighted by Crippen LogP contribution is 2.20. The molecule has 0 aromatic carbocycles. The maximum atomic E-state index is 10.7. The third-order valence-electron chi connectivity index (χ3n) is 3.22. The van der Waals surface area contributed by atoms with E-state index in [4.69, 9.17) is 5.11 Å². The van der Waals surface area contributed by atoms with E-state index in [0.717, 1.165) is 32.5 Å². The van der Waals surface area contributed by atoms with Gasteiger partial charge in [0.25, 0.3) is 0 Å². The van der Waals surface area contributed by atoms with E-state index in [9.17, 15) is 4.79 Å². The van der Waals surface area contributed by atoms with Crippen molar-refractivity contribution in [3.05, 3.63) is 30.1 Å². The summed E-state index contributed by atoms with van der Waals surface area (Å²) in [5, 5.41) is 8.81. The van der Waals surface area contributed by atoms with Crippen molar-refractivity contribution in [2.45, 2.75) is 25.8 Å². The molecule has 1 aliphatic rings. The lowest BCUT2D eigenvalue weighted by molar-refractivity contribution is -0.138. The predicted molar refractivity (Wildman–Crippen MR) is 64.5 cm³/mol. The molecule has 92 valence electrons. The molecule has 0 amide bonds. The van der Waals surface area contributed by atoms with E-state index in [1.807, 2.05) is 12.1 Å². The van der Waals surface area contributed by atoms with Crippen molar-refractivity contribution in [2.24, 2.45) is 5.92 Å². The molecule has 0 radical (unpaired) electrons. The van der Waals surface area contributed by atoms with Gasteiger partial charge in [0.15, 0.2) is 0 Å². The number of pyridine rings is 1. The van der Waals surface area contributed by atoms with Crippen molar-refractivity contribution < 1.29 is 9.90 Å². The van der Waals surface area contributed by atoms with Crippen molar-refractivity contribution >= 4 is 5.97 Å². The number of carboxylic acid groups (broad SMARTS) is 1. The third kappa shape index (κ3) is 3.82. The Balaban J connectivity index is 1.87. The molecule has 1 aromatic heterocycles. The number of nitrogens with zero attached hydrogens (tertiary/aromatic N) is 2. The Bertz CT molecular complexity index is 367. The Morgan fingerprint density at radius 1 is 1.47 bits per heavy atom. The van der Waals surface area contributed by atoms with Crippen molar-refractivity contribution in [2.75, 3.05) is 13.1 Å². The number of piperidine rings is 1. The van der Waals surface area contributed by atoms with E-state index in [0.29, 0.717) is 12.3 Å². The maximum absolute atomic E-state index is 10.7. The third-order valence-corrected chi connectivity index (χ3v) is 3.22. The summed E-state index contributed by atoms with van der Waals surface area (Å²) in [6, 6.07) is 4.03. The lowest BCUT2D eigenvalue weighted by Gasteiger charge is -2.32. The van der Waals surface area contributed by atoms with Crippen LogP contribution in [-0.2, 0) is 11.3 Å². The Labute approximate surface area is 101 Å². The van der Waals surface area contributed by atoms with E-state index < -0.39 is 5.97 Å². The Morgan fingerprint density at radius 3 is 2.94 bits per heavy atom. The molecule has 0 aliphatic carbocycles. The smallest absolute Gasteiger partial charge is 0.303 e. The number of aromatic nitrogens is 1. The summed E-state index contributed by atoms with van der Waals surface area (Å²) in [4.78, 5) is 17.0. The molecule has 2 rings (SSSR count). The highest BCUT2D eigenvalue weighted by molar-refractivity contribution is 5.67. The van der Waals surface area contributed by atoms with Gasteiger partial charge in [0.2, 0.25) is 0 Å². The molecule has 1 atom stereocenters. The largest absolute Gasteiger partial charge is 0.481 e. The second-order valence-corrected chi connectivity index (χ2v) is 4.70. The van der Waals surface area contributed by atoms with Gasteiger partial charge < -0.3 is 5.11 Å². The Morgan fingerprint density at radius 2 is 2.24 bits per heavy atom. The van der Waals surface area contributed by atoms with Crippen LogP contribution < -0.4 is 0 Å². The summed E-state index contributed by atoms with van der Waals surface area (Å²) in [5.74, 6) is -0.371. The van der Waals surface area contributed by atoms with Crippen molar-refractivity contribution in [3.8, 4) is 0 Å². The van der Waals surface area contributed by atoms with Crippen LogP contribution in [-0.4, -0.2) is 34.0 Å². The van der Waals surface area contributed by atoms with E-state index >= 15 is 0 Å². The molecule has 4 heteroatoms. The van der Waals surface area contributed by atoms with Gasteiger partial charge in [-0.3, -0.25) is 14.7 Å². The number of rotatable bonds is 4. The number of hydrogen-bond donors (Lipinski definition) is 1. The molecule has 0 bridgehead atoms. The quantitative estimate of drug-likeness (QED) is 0.862. The second-order valence-electron chi connectivity index (χ2n) is 4.70. The van der Waals surface area contributed by atoms with Crippen LogP contribution in [0, 0.1) is 5.92 Å². The van der Waals surface area contributed by atoms with Crippen LogP contribution in [0.15, 0.2) is 24.5 Å². The summed E-state index contributed by atoms with van der Waals surface area (Å²) in [6.45, 7) is 2.87. The molecule has 1 aromatic rings. The lowest BCUT2D eigenvalue weighted by Crippen LogP contribution is -2.35. The van der Waals surface area contributed by atoms with Gasteiger partial charge in [0.1, 0.15) is 0 Å². The van der Waals surface area contributed by atoms with Crippen LogP contribution in [0.4, 0.5) is 0 Å². The van der Waals surface area contributed by atoms with Crippen LogP contribution in [0.25, 0.3) is 0 Å². The fourth-order valence-electron chi connectivity index (χ4n) is 2.45. The summed E-state index contributed by atoms with van der Waals surface area (Å²) >= 11 is 0. The van der Waals surface area contributed by atoms with E-state index in [1.54, 1.807) is 12.4 Å². The molecule has 0 spiro atoms. The van der Waals surface area contributed by atoms with Crippen LogP contribution in [0.1, 0.15) is 24.8 Å². The van der Waals surface area contributed by atoms with Crippen molar-refractivity contribution in [3.63, 3.8) is 0 Å². The van der Waals surface area contributed by atoms with Crippen molar-refractivity contribution in [1.29, 1.82) is 0 Å². The number of carbonyl (C=O) groups is 1. The van der Waals surface area contributed by atoms with Gasteiger partial charge in [-0.15, -0.1) is 0 Å². The molecule has 1 fully saturated rings. The van der Waals surface area contributed by atoms with Crippen LogP contribution >= 0.6 is 0 Å². The van der Waals surface area contributed by atoms with Crippen LogP contribution in [0.2, 0.25) is 0 Å². The van der Waals surface area contributed by atoms with Crippen molar-refractivity contribution in [1.82, 2.24) is 9.88 Å². The fraction of sp³-hybridized carbons (Fsp3) is 0.538. The normalized spacial score (nSPS) is 21.3. The lowest BCUT2D eigenvalue weighted by atomic mass is 9.94. The predicted octanol–water partition coefficient (Wildman–Crippen LogP) is 1.77. The van der Waals surface area contributed by atoms with Gasteiger partial charge >= 0.3 is 5.97 Å². The zero-order valence-electron chi connectivity index (χ0n) is 9.88. The van der Waals surface area contributed by atoms with Gasteiger partial charge in [-0.05, 0) is 43.0 Å². The van der Waals surface area contributed by atoms with Gasteiger partial charge in [-0.2, -0.15) is 0 Å². The summed E-state index contributed by atoms with van der Waals surface area (Å²) in [7, 11) is 0. The van der Waals surface area contributed by atoms with Crippen LogP contribution in [0.3, 0.4) is 0 Å². The summed E-state index contributed by atoms with van der Waals surface area (Å²) < 4.78 is 0. The maximum Gasteiger partial charge on any atom is 0.303 e. The van der Waals surface area contributed by atoms with Gasteiger partial charge in [0.05, 0.1) is 0 Å². The number of likely N-dealkylation sites (tertiary alicyclic amines) is 1. The van der Waals surface area contributed by atoms with Gasteiger partial charge in [-0.1, -0.05) is 0 Å². The molecular formula is C13H18N2O2. The van der Waals surface area contributed by atoms with Crippen LogP contribution in [0.5, 0.6) is 0 Å². The first-order valence-corrected chi connectivity index (χ1v) is 6.07. The number of hydrogen-bond acceptors (Lipinski definition) is 3. The zero-order chi connectivity index (χ0) is 12.1. The Hall–Kier alpha value is -1.42. The number of carboxylic acids is 1. The second kappa shape index (κ2) is 5.77. The highest BCUT2D eigenvalue weighted by atomic mass is 16.4. The molecule has 1 N–H and O–H groups in total. The molecule has 4 nitrogen and oxygen atoms in total. The first-order chi connectivity index (χ1) is 8.24. The number of aliphatic carboxylic acids is 1. The SMILES string of the molecule is O=C(O)CC1CCCN(Cc2ccncc2)C1. The molecule has 17 heavy (non-hydrogen) atoms. The average molecular weight is 234 g/mol.